The van der Waals surface area contributed by atoms with Gasteiger partial charge in [-0.1, -0.05) is 12.2 Å². The summed E-state index contributed by atoms with van der Waals surface area (Å²) in [6, 6.07) is 6.81. The number of nitrogens with two attached hydrogens (primary N) is 1. The average Bonchev–Trinajstić information content (AvgIpc) is 2.26. The first-order chi connectivity index (χ1) is 8.07. The van der Waals surface area contributed by atoms with Crippen molar-refractivity contribution in [2.45, 2.75) is 25.5 Å². The van der Waals surface area contributed by atoms with Gasteiger partial charge >= 0.3 is 0 Å². The Kier molecular flexibility index (Phi) is 4.02. The van der Waals surface area contributed by atoms with E-state index in [1.54, 1.807) is 45.0 Å². The number of hydrogen-bond acceptors (Lipinski definition) is 3. The third-order valence-corrected chi connectivity index (χ3v) is 5.37. The van der Waals surface area contributed by atoms with Crippen LogP contribution in [0.2, 0.25) is 0 Å². The van der Waals surface area contributed by atoms with Crippen LogP contribution < -0.4 is 10.0 Å². The van der Waals surface area contributed by atoms with Gasteiger partial charge in [0.2, 0.25) is 10.0 Å². The lowest BCUT2D eigenvalue weighted by Crippen LogP contribution is -2.40. The summed E-state index contributed by atoms with van der Waals surface area (Å²) >= 11 is 4.85. The molecule has 6 heteroatoms. The van der Waals surface area contributed by atoms with E-state index < -0.39 is 14.8 Å². The SMILES string of the molecule is CN(c1ccc(C(N)=S)cc1)S(=O)(=O)C(C)(C)C. The summed E-state index contributed by atoms with van der Waals surface area (Å²) in [5.41, 5.74) is 6.80. The van der Waals surface area contributed by atoms with Gasteiger partial charge in [0.1, 0.15) is 4.99 Å². The lowest BCUT2D eigenvalue weighted by Gasteiger charge is -2.28. The Hall–Kier alpha value is -1.14. The molecule has 2 N–H and O–H groups in total. The summed E-state index contributed by atoms with van der Waals surface area (Å²) in [6.45, 7) is 5.01. The molecule has 0 saturated carbocycles. The van der Waals surface area contributed by atoms with Gasteiger partial charge in [0.15, 0.2) is 0 Å². The molecule has 0 aliphatic rings. The van der Waals surface area contributed by atoms with E-state index in [-0.39, 0.29) is 0 Å². The van der Waals surface area contributed by atoms with Crippen LogP contribution in [0.4, 0.5) is 5.69 Å². The fraction of sp³-hybridized carbons (Fsp3) is 0.417. The van der Waals surface area contributed by atoms with E-state index in [1.165, 1.54) is 11.4 Å². The second kappa shape index (κ2) is 4.85. The number of anilines is 1. The molecule has 0 fully saturated rings. The van der Waals surface area contributed by atoms with E-state index >= 15 is 0 Å². The molecular weight excluding hydrogens is 268 g/mol. The summed E-state index contributed by atoms with van der Waals surface area (Å²) in [5.74, 6) is 0. The molecule has 1 rings (SSSR count). The summed E-state index contributed by atoms with van der Waals surface area (Å²) in [6.07, 6.45) is 0. The highest BCUT2D eigenvalue weighted by Gasteiger charge is 2.33. The van der Waals surface area contributed by atoms with Crippen molar-refractivity contribution in [3.05, 3.63) is 29.8 Å². The number of sulfonamides is 1. The van der Waals surface area contributed by atoms with E-state index in [2.05, 4.69) is 0 Å². The van der Waals surface area contributed by atoms with Crippen molar-refractivity contribution < 1.29 is 8.42 Å². The quantitative estimate of drug-likeness (QED) is 0.862. The minimum atomic E-state index is -3.39. The first-order valence-corrected chi connectivity index (χ1v) is 7.30. The maximum atomic E-state index is 12.2. The number of rotatable bonds is 3. The van der Waals surface area contributed by atoms with Crippen LogP contribution in [0.3, 0.4) is 0 Å². The molecule has 0 heterocycles. The average molecular weight is 286 g/mol. The molecule has 0 bridgehead atoms. The van der Waals surface area contributed by atoms with Crippen LogP contribution in [-0.4, -0.2) is 25.2 Å². The van der Waals surface area contributed by atoms with Crippen molar-refractivity contribution >= 4 is 32.9 Å². The maximum Gasteiger partial charge on any atom is 0.239 e. The van der Waals surface area contributed by atoms with Crippen molar-refractivity contribution in [2.24, 2.45) is 5.73 Å². The summed E-state index contributed by atoms with van der Waals surface area (Å²) in [4.78, 5) is 0.294. The van der Waals surface area contributed by atoms with E-state index in [0.717, 1.165) is 5.56 Å². The van der Waals surface area contributed by atoms with Crippen molar-refractivity contribution in [3.63, 3.8) is 0 Å². The molecule has 0 saturated heterocycles. The molecule has 18 heavy (non-hydrogen) atoms. The lowest BCUT2D eigenvalue weighted by molar-refractivity contribution is 0.558. The second-order valence-electron chi connectivity index (χ2n) is 5.00. The fourth-order valence-electron chi connectivity index (χ4n) is 1.39. The molecule has 1 aromatic rings. The van der Waals surface area contributed by atoms with Crippen LogP contribution in [0.5, 0.6) is 0 Å². The smallest absolute Gasteiger partial charge is 0.239 e. The Morgan fingerprint density at radius 3 is 2.00 bits per heavy atom. The van der Waals surface area contributed by atoms with Crippen molar-refractivity contribution in [1.29, 1.82) is 0 Å². The largest absolute Gasteiger partial charge is 0.389 e. The molecule has 0 aliphatic carbocycles. The monoisotopic (exact) mass is 286 g/mol. The summed E-state index contributed by atoms with van der Waals surface area (Å²) in [5, 5.41) is 0. The first kappa shape index (κ1) is 14.9. The minimum Gasteiger partial charge on any atom is -0.389 e. The van der Waals surface area contributed by atoms with E-state index in [4.69, 9.17) is 18.0 Å². The predicted octanol–water partition coefficient (Wildman–Crippen LogP) is 1.89. The fourth-order valence-corrected chi connectivity index (χ4v) is 2.74. The molecule has 100 valence electrons. The maximum absolute atomic E-state index is 12.2. The van der Waals surface area contributed by atoms with Crippen LogP contribution in [0.25, 0.3) is 0 Å². The van der Waals surface area contributed by atoms with Gasteiger partial charge in [-0.05, 0) is 45.0 Å². The Morgan fingerprint density at radius 2 is 1.67 bits per heavy atom. The number of nitrogens with zero attached hydrogens (tertiary/aromatic N) is 1. The molecule has 0 aliphatic heterocycles. The minimum absolute atomic E-state index is 0.294. The van der Waals surface area contributed by atoms with E-state index in [0.29, 0.717) is 10.7 Å². The zero-order chi connectivity index (χ0) is 14.1. The van der Waals surface area contributed by atoms with Gasteiger partial charge in [-0.2, -0.15) is 0 Å². The first-order valence-electron chi connectivity index (χ1n) is 5.46. The van der Waals surface area contributed by atoms with Gasteiger partial charge in [0.05, 0.1) is 10.4 Å². The molecule has 1 aromatic carbocycles. The highest BCUT2D eigenvalue weighted by molar-refractivity contribution is 7.94. The van der Waals surface area contributed by atoms with Crippen molar-refractivity contribution in [3.8, 4) is 0 Å². The second-order valence-corrected chi connectivity index (χ2v) is 8.16. The van der Waals surface area contributed by atoms with Gasteiger partial charge < -0.3 is 5.73 Å². The standard InChI is InChI=1S/C12H18N2O2S2/c1-12(2,3)18(15,16)14(4)10-7-5-9(6-8-10)11(13)17/h5-8H,1-4H3,(H2,13,17). The van der Waals surface area contributed by atoms with Crippen LogP contribution >= 0.6 is 12.2 Å². The summed E-state index contributed by atoms with van der Waals surface area (Å²) in [7, 11) is -1.86. The van der Waals surface area contributed by atoms with Crippen LogP contribution in [-0.2, 0) is 10.0 Å². The van der Waals surface area contributed by atoms with Crippen molar-refractivity contribution in [2.75, 3.05) is 11.4 Å². The number of hydrogen-bond donors (Lipinski definition) is 1. The summed E-state index contributed by atoms with van der Waals surface area (Å²) < 4.78 is 24.9. The van der Waals surface area contributed by atoms with Gasteiger partial charge in [0, 0.05) is 12.6 Å². The van der Waals surface area contributed by atoms with Crippen LogP contribution in [0.15, 0.2) is 24.3 Å². The molecule has 0 spiro atoms. The third-order valence-electron chi connectivity index (χ3n) is 2.65. The van der Waals surface area contributed by atoms with Gasteiger partial charge in [-0.15, -0.1) is 0 Å². The Labute approximate surface area is 114 Å². The van der Waals surface area contributed by atoms with Crippen LogP contribution in [0.1, 0.15) is 26.3 Å². The number of benzene rings is 1. The molecule has 0 unspecified atom stereocenters. The molecule has 0 aromatic heterocycles. The van der Waals surface area contributed by atoms with E-state index in [9.17, 15) is 8.42 Å². The highest BCUT2D eigenvalue weighted by Crippen LogP contribution is 2.25. The number of thiocarbonyl (C=S) groups is 1. The Morgan fingerprint density at radius 1 is 1.22 bits per heavy atom. The van der Waals surface area contributed by atoms with Crippen LogP contribution in [0, 0.1) is 0 Å². The molecule has 0 radical (unpaired) electrons. The molecular formula is C12H18N2O2S2. The molecule has 0 amide bonds. The highest BCUT2D eigenvalue weighted by atomic mass is 32.2. The third kappa shape index (κ3) is 2.81. The van der Waals surface area contributed by atoms with Crippen molar-refractivity contribution in [1.82, 2.24) is 0 Å². The van der Waals surface area contributed by atoms with Gasteiger partial charge in [0.25, 0.3) is 0 Å². The zero-order valence-corrected chi connectivity index (χ0v) is 12.6. The normalized spacial score (nSPS) is 12.2. The van der Waals surface area contributed by atoms with Gasteiger partial charge in [-0.25, -0.2) is 8.42 Å². The zero-order valence-electron chi connectivity index (χ0n) is 11.0. The Balaban J connectivity index is 3.13. The predicted molar refractivity (Wildman–Crippen MR) is 79.4 cm³/mol. The lowest BCUT2D eigenvalue weighted by atomic mass is 10.2. The van der Waals surface area contributed by atoms with E-state index in [1.807, 2.05) is 0 Å². The molecule has 0 atom stereocenters. The molecule has 4 nitrogen and oxygen atoms in total. The topological polar surface area (TPSA) is 63.4 Å². The van der Waals surface area contributed by atoms with Gasteiger partial charge in [-0.3, -0.25) is 4.31 Å². The Bertz CT molecular complexity index is 542.